The van der Waals surface area contributed by atoms with Gasteiger partial charge in [0.15, 0.2) is 0 Å². The zero-order valence-corrected chi connectivity index (χ0v) is 15.6. The van der Waals surface area contributed by atoms with Gasteiger partial charge in [0, 0.05) is 24.7 Å². The van der Waals surface area contributed by atoms with E-state index in [0.717, 1.165) is 30.6 Å². The summed E-state index contributed by atoms with van der Waals surface area (Å²) < 4.78 is 0. The maximum Gasteiger partial charge on any atom is 0.261 e. The van der Waals surface area contributed by atoms with E-state index in [4.69, 9.17) is 5.73 Å². The molecule has 1 aromatic rings. The van der Waals surface area contributed by atoms with Gasteiger partial charge in [-0.15, -0.1) is 12.4 Å². The van der Waals surface area contributed by atoms with E-state index in [1.54, 1.807) is 18.2 Å². The van der Waals surface area contributed by atoms with E-state index in [2.05, 4.69) is 5.32 Å². The first-order valence-corrected chi connectivity index (χ1v) is 8.98. The highest BCUT2D eigenvalue weighted by Gasteiger charge is 2.40. The van der Waals surface area contributed by atoms with Crippen molar-refractivity contribution in [2.24, 2.45) is 17.6 Å². The van der Waals surface area contributed by atoms with Crippen LogP contribution in [0, 0.1) is 11.8 Å². The molecule has 3 aliphatic rings. The summed E-state index contributed by atoms with van der Waals surface area (Å²) in [5, 5.41) is 3.18. The van der Waals surface area contributed by atoms with Crippen LogP contribution in [0.25, 0.3) is 0 Å². The average Bonchev–Trinajstić information content (AvgIpc) is 2.80. The highest BCUT2D eigenvalue weighted by atomic mass is 35.5. The van der Waals surface area contributed by atoms with Crippen LogP contribution in [-0.2, 0) is 0 Å². The number of halogens is 1. The number of amides is 3. The molecule has 2 fully saturated rings. The molecular weight excluding hydrogens is 354 g/mol. The van der Waals surface area contributed by atoms with Crippen LogP contribution < -0.4 is 11.1 Å². The van der Waals surface area contributed by atoms with E-state index in [0.29, 0.717) is 28.5 Å². The molecule has 2 unspecified atom stereocenters. The fourth-order valence-electron chi connectivity index (χ4n) is 4.76. The third-order valence-electron chi connectivity index (χ3n) is 6.03. The van der Waals surface area contributed by atoms with Crippen molar-refractivity contribution in [1.82, 2.24) is 10.2 Å². The second-order valence-electron chi connectivity index (χ2n) is 7.61. The third kappa shape index (κ3) is 3.01. The van der Waals surface area contributed by atoms with Gasteiger partial charge in [0.05, 0.1) is 11.1 Å². The summed E-state index contributed by atoms with van der Waals surface area (Å²) in [6.45, 7) is 0. The summed E-state index contributed by atoms with van der Waals surface area (Å²) >= 11 is 0. The number of nitrogens with one attached hydrogen (secondary N) is 1. The van der Waals surface area contributed by atoms with Gasteiger partial charge in [0.25, 0.3) is 17.7 Å². The second kappa shape index (κ2) is 7.00. The Morgan fingerprint density at radius 2 is 1.73 bits per heavy atom. The topological polar surface area (TPSA) is 92.5 Å². The average molecular weight is 378 g/mol. The number of rotatable bonds is 2. The van der Waals surface area contributed by atoms with E-state index in [1.807, 2.05) is 0 Å². The molecule has 6 nitrogen and oxygen atoms in total. The number of benzene rings is 1. The molecule has 3 amide bonds. The van der Waals surface area contributed by atoms with Crippen LogP contribution in [0.15, 0.2) is 18.2 Å². The number of nitrogens with two attached hydrogens (primary N) is 1. The molecule has 0 radical (unpaired) electrons. The van der Waals surface area contributed by atoms with Gasteiger partial charge in [-0.2, -0.15) is 0 Å². The minimum absolute atomic E-state index is 0. The van der Waals surface area contributed by atoms with E-state index in [1.165, 1.54) is 13.5 Å². The Labute approximate surface area is 158 Å². The van der Waals surface area contributed by atoms with Crippen LogP contribution >= 0.6 is 12.4 Å². The van der Waals surface area contributed by atoms with Gasteiger partial charge in [-0.25, -0.2) is 0 Å². The molecule has 0 saturated heterocycles. The molecule has 0 spiro atoms. The van der Waals surface area contributed by atoms with Crippen molar-refractivity contribution in [1.29, 1.82) is 0 Å². The van der Waals surface area contributed by atoms with Gasteiger partial charge in [-0.05, 0) is 55.7 Å². The molecule has 0 aromatic heterocycles. The number of fused-ring (bicyclic) bond motifs is 3. The van der Waals surface area contributed by atoms with Crippen molar-refractivity contribution in [3.63, 3.8) is 0 Å². The largest absolute Gasteiger partial charge is 0.349 e. The fraction of sp³-hybridized carbons (Fsp3) is 0.526. The summed E-state index contributed by atoms with van der Waals surface area (Å²) in [6.07, 6.45) is 5.34. The van der Waals surface area contributed by atoms with Gasteiger partial charge < -0.3 is 11.1 Å². The van der Waals surface area contributed by atoms with Crippen LogP contribution in [-0.4, -0.2) is 41.8 Å². The first-order valence-electron chi connectivity index (χ1n) is 8.98. The van der Waals surface area contributed by atoms with Crippen LogP contribution in [0.1, 0.15) is 63.2 Å². The van der Waals surface area contributed by atoms with Gasteiger partial charge in [-0.1, -0.05) is 6.42 Å². The lowest BCUT2D eigenvalue weighted by molar-refractivity contribution is 0.0692. The molecule has 7 heteroatoms. The molecule has 2 saturated carbocycles. The summed E-state index contributed by atoms with van der Waals surface area (Å²) in [4.78, 5) is 37.9. The second-order valence-corrected chi connectivity index (χ2v) is 7.61. The quantitative estimate of drug-likeness (QED) is 0.770. The normalized spacial score (nSPS) is 29.8. The maximum atomic E-state index is 12.7. The Hall–Kier alpha value is -1.92. The molecule has 2 bridgehead atoms. The van der Waals surface area contributed by atoms with Crippen molar-refractivity contribution >= 4 is 30.1 Å². The molecule has 3 N–H and O–H groups in total. The number of carbonyl (C=O) groups is 3. The third-order valence-corrected chi connectivity index (χ3v) is 6.03. The first-order chi connectivity index (χ1) is 12.0. The van der Waals surface area contributed by atoms with E-state index in [9.17, 15) is 14.4 Å². The van der Waals surface area contributed by atoms with Crippen molar-refractivity contribution in [3.05, 3.63) is 34.9 Å². The molecule has 2 atom stereocenters. The highest BCUT2D eigenvalue weighted by molar-refractivity contribution is 6.21. The summed E-state index contributed by atoms with van der Waals surface area (Å²) in [7, 11) is 1.46. The Balaban J connectivity index is 0.00000196. The van der Waals surface area contributed by atoms with Gasteiger partial charge in [-0.3, -0.25) is 19.3 Å². The predicted octanol–water partition coefficient (Wildman–Crippen LogP) is 1.97. The minimum atomic E-state index is -0.352. The number of imide groups is 1. The lowest BCUT2D eigenvalue weighted by Crippen LogP contribution is -2.53. The first kappa shape index (κ1) is 18.9. The van der Waals surface area contributed by atoms with Crippen molar-refractivity contribution in [3.8, 4) is 0 Å². The van der Waals surface area contributed by atoms with Gasteiger partial charge in [0.1, 0.15) is 0 Å². The Morgan fingerprint density at radius 1 is 1.12 bits per heavy atom. The Bertz CT molecular complexity index is 752. The predicted molar refractivity (Wildman–Crippen MR) is 99.4 cm³/mol. The Kier molecular flexibility index (Phi) is 5.08. The van der Waals surface area contributed by atoms with Gasteiger partial charge in [0.2, 0.25) is 0 Å². The monoisotopic (exact) mass is 377 g/mol. The zero-order chi connectivity index (χ0) is 17.7. The summed E-state index contributed by atoms with van der Waals surface area (Å²) in [6, 6.07) is 5.14. The lowest BCUT2D eigenvalue weighted by atomic mass is 9.67. The summed E-state index contributed by atoms with van der Waals surface area (Å²) in [5.41, 5.74) is 7.26. The standard InChI is InChI=1S/C19H23N3O3.ClH/c1-22-18(24)14-6-5-12(9-15(14)19(22)25)17(23)21-16-10-3-2-4-11(16)8-13(20)7-10;/h5-6,9-11,13,16H,2-4,7-8,20H2,1H3,(H,21,23);1H. The molecule has 26 heavy (non-hydrogen) atoms. The van der Waals surface area contributed by atoms with Crippen molar-refractivity contribution in [2.45, 2.75) is 44.2 Å². The molecular formula is C19H24ClN3O3. The number of hydrogen-bond acceptors (Lipinski definition) is 4. The maximum absolute atomic E-state index is 12.7. The zero-order valence-electron chi connectivity index (χ0n) is 14.7. The van der Waals surface area contributed by atoms with Crippen LogP contribution in [0.3, 0.4) is 0 Å². The summed E-state index contributed by atoms with van der Waals surface area (Å²) in [5.74, 6) is 0.0401. The minimum Gasteiger partial charge on any atom is -0.349 e. The molecule has 140 valence electrons. The molecule has 4 rings (SSSR count). The van der Waals surface area contributed by atoms with Crippen LogP contribution in [0.2, 0.25) is 0 Å². The van der Waals surface area contributed by atoms with E-state index >= 15 is 0 Å². The number of hydrogen-bond donors (Lipinski definition) is 2. The smallest absolute Gasteiger partial charge is 0.261 e. The van der Waals surface area contributed by atoms with E-state index < -0.39 is 0 Å². The van der Waals surface area contributed by atoms with Crippen LogP contribution in [0.4, 0.5) is 0 Å². The number of nitrogens with zero attached hydrogens (tertiary/aromatic N) is 1. The van der Waals surface area contributed by atoms with Crippen molar-refractivity contribution in [2.75, 3.05) is 7.05 Å². The molecule has 1 aromatic carbocycles. The molecule has 1 heterocycles. The number of carbonyl (C=O) groups excluding carboxylic acids is 3. The molecule has 1 aliphatic heterocycles. The van der Waals surface area contributed by atoms with Crippen LogP contribution in [0.5, 0.6) is 0 Å². The highest BCUT2D eigenvalue weighted by Crippen LogP contribution is 2.39. The SMILES string of the molecule is CN1C(=O)c2ccc(C(=O)NC3C4CCCC3CC(N)C4)cc2C1=O.Cl. The Morgan fingerprint density at radius 3 is 2.38 bits per heavy atom. The van der Waals surface area contributed by atoms with Crippen molar-refractivity contribution < 1.29 is 14.4 Å². The van der Waals surface area contributed by atoms with Gasteiger partial charge >= 0.3 is 0 Å². The van der Waals surface area contributed by atoms with E-state index in [-0.39, 0.29) is 42.2 Å². The fourth-order valence-corrected chi connectivity index (χ4v) is 4.76. The lowest BCUT2D eigenvalue weighted by Gasteiger charge is -2.45. The molecule has 2 aliphatic carbocycles.